The summed E-state index contributed by atoms with van der Waals surface area (Å²) in [5.41, 5.74) is 1.81. The van der Waals surface area contributed by atoms with Gasteiger partial charge in [-0.2, -0.15) is 5.10 Å². The molecule has 1 aromatic carbocycles. The van der Waals surface area contributed by atoms with E-state index in [9.17, 15) is 0 Å². The van der Waals surface area contributed by atoms with E-state index in [1.165, 1.54) is 6.33 Å². The Morgan fingerprint density at radius 3 is 2.94 bits per heavy atom. The summed E-state index contributed by atoms with van der Waals surface area (Å²) in [5.74, 6) is 0. The number of halogens is 1. The first-order chi connectivity index (χ1) is 8.22. The van der Waals surface area contributed by atoms with Gasteiger partial charge in [0.1, 0.15) is 18.3 Å². The molecule has 0 saturated heterocycles. The van der Waals surface area contributed by atoms with Gasteiger partial charge in [0.2, 0.25) is 0 Å². The molecule has 4 nitrogen and oxygen atoms in total. The summed E-state index contributed by atoms with van der Waals surface area (Å²) < 4.78 is 1.67. The Bertz CT molecular complexity index is 481. The number of nitrogens with zero attached hydrogens (tertiary/aromatic N) is 3. The van der Waals surface area contributed by atoms with Gasteiger partial charge in [0.25, 0.3) is 0 Å². The third-order valence-electron chi connectivity index (χ3n) is 2.65. The molecular formula is C12H15ClN4. The summed E-state index contributed by atoms with van der Waals surface area (Å²) in [4.78, 5) is 3.95. The summed E-state index contributed by atoms with van der Waals surface area (Å²) in [6.45, 7) is 4.27. The lowest BCUT2D eigenvalue weighted by atomic mass is 10.2. The lowest BCUT2D eigenvalue weighted by Crippen LogP contribution is -2.15. The molecule has 0 aliphatic rings. The minimum atomic E-state index is 0.385. The molecule has 90 valence electrons. The summed E-state index contributed by atoms with van der Waals surface area (Å²) >= 11 is 6.22. The molecule has 1 N–H and O–H groups in total. The van der Waals surface area contributed by atoms with Crippen LogP contribution in [0, 0.1) is 0 Å². The summed E-state index contributed by atoms with van der Waals surface area (Å²) in [6, 6.07) is 6.15. The number of hydrogen-bond donors (Lipinski definition) is 1. The zero-order chi connectivity index (χ0) is 12.3. The van der Waals surface area contributed by atoms with Crippen molar-refractivity contribution in [1.82, 2.24) is 14.8 Å². The van der Waals surface area contributed by atoms with E-state index in [1.807, 2.05) is 18.2 Å². The van der Waals surface area contributed by atoms with Gasteiger partial charge in [-0.25, -0.2) is 9.67 Å². The van der Waals surface area contributed by atoms with Crippen molar-refractivity contribution in [2.75, 3.05) is 5.32 Å². The molecule has 1 atom stereocenters. The van der Waals surface area contributed by atoms with Crippen LogP contribution in [0.2, 0.25) is 5.02 Å². The van der Waals surface area contributed by atoms with E-state index >= 15 is 0 Å². The van der Waals surface area contributed by atoms with Gasteiger partial charge in [-0.1, -0.05) is 24.6 Å². The standard InChI is InChI=1S/C12H15ClN4/c1-3-9(2)16-11-6-4-5-10(13)12(11)17-8-14-7-15-17/h4-9,16H,3H2,1-2H3. The highest BCUT2D eigenvalue weighted by Gasteiger charge is 2.11. The van der Waals surface area contributed by atoms with Crippen molar-refractivity contribution in [3.05, 3.63) is 35.9 Å². The third kappa shape index (κ3) is 2.58. The highest BCUT2D eigenvalue weighted by atomic mass is 35.5. The van der Waals surface area contributed by atoms with Crippen molar-refractivity contribution < 1.29 is 0 Å². The van der Waals surface area contributed by atoms with Crippen LogP contribution in [0.3, 0.4) is 0 Å². The van der Waals surface area contributed by atoms with Crippen molar-refractivity contribution in [3.63, 3.8) is 0 Å². The van der Waals surface area contributed by atoms with E-state index in [1.54, 1.807) is 11.0 Å². The summed E-state index contributed by atoms with van der Waals surface area (Å²) in [7, 11) is 0. The average Bonchev–Trinajstić information content (AvgIpc) is 2.82. The predicted molar refractivity (Wildman–Crippen MR) is 69.7 cm³/mol. The monoisotopic (exact) mass is 250 g/mol. The molecule has 0 bridgehead atoms. The predicted octanol–water partition coefficient (Wildman–Crippen LogP) is 3.13. The maximum absolute atomic E-state index is 6.22. The van der Waals surface area contributed by atoms with Crippen LogP contribution in [-0.2, 0) is 0 Å². The van der Waals surface area contributed by atoms with Gasteiger partial charge in [-0.15, -0.1) is 0 Å². The first kappa shape index (κ1) is 11.9. The molecule has 0 spiro atoms. The van der Waals surface area contributed by atoms with Gasteiger partial charge in [-0.3, -0.25) is 0 Å². The molecule has 0 radical (unpaired) electrons. The second kappa shape index (κ2) is 5.19. The Morgan fingerprint density at radius 1 is 1.47 bits per heavy atom. The highest BCUT2D eigenvalue weighted by Crippen LogP contribution is 2.28. The van der Waals surface area contributed by atoms with Crippen LogP contribution in [0.25, 0.3) is 5.69 Å². The van der Waals surface area contributed by atoms with Gasteiger partial charge >= 0.3 is 0 Å². The Labute approximate surface area is 106 Å². The molecule has 1 unspecified atom stereocenters. The lowest BCUT2D eigenvalue weighted by molar-refractivity contribution is 0.760. The molecule has 0 aliphatic heterocycles. The van der Waals surface area contributed by atoms with E-state index in [0.29, 0.717) is 11.1 Å². The van der Waals surface area contributed by atoms with Gasteiger partial charge in [0.05, 0.1) is 10.7 Å². The van der Waals surface area contributed by atoms with Crippen LogP contribution in [0.5, 0.6) is 0 Å². The smallest absolute Gasteiger partial charge is 0.138 e. The number of hydrogen-bond acceptors (Lipinski definition) is 3. The number of rotatable bonds is 4. The quantitative estimate of drug-likeness (QED) is 0.907. The normalized spacial score (nSPS) is 12.4. The number of benzene rings is 1. The van der Waals surface area contributed by atoms with Crippen molar-refractivity contribution in [3.8, 4) is 5.69 Å². The van der Waals surface area contributed by atoms with Crippen LogP contribution >= 0.6 is 11.6 Å². The van der Waals surface area contributed by atoms with Crippen molar-refractivity contribution in [1.29, 1.82) is 0 Å². The lowest BCUT2D eigenvalue weighted by Gasteiger charge is -2.17. The Kier molecular flexibility index (Phi) is 3.64. The summed E-state index contributed by atoms with van der Waals surface area (Å²) in [6.07, 6.45) is 4.18. The molecule has 0 aliphatic carbocycles. The molecule has 2 rings (SSSR count). The van der Waals surface area contributed by atoms with Crippen molar-refractivity contribution >= 4 is 17.3 Å². The van der Waals surface area contributed by atoms with Gasteiger partial charge < -0.3 is 5.32 Å². The van der Waals surface area contributed by atoms with Crippen LogP contribution in [0.1, 0.15) is 20.3 Å². The van der Waals surface area contributed by atoms with Crippen LogP contribution in [0.15, 0.2) is 30.9 Å². The maximum Gasteiger partial charge on any atom is 0.138 e. The van der Waals surface area contributed by atoms with E-state index in [-0.39, 0.29) is 0 Å². The van der Waals surface area contributed by atoms with Gasteiger partial charge in [0, 0.05) is 6.04 Å². The molecule has 0 saturated carbocycles. The topological polar surface area (TPSA) is 42.7 Å². The van der Waals surface area contributed by atoms with E-state index < -0.39 is 0 Å². The third-order valence-corrected chi connectivity index (χ3v) is 2.95. The van der Waals surface area contributed by atoms with E-state index in [2.05, 4.69) is 29.2 Å². The first-order valence-corrected chi connectivity index (χ1v) is 6.00. The molecule has 1 aromatic heterocycles. The van der Waals surface area contributed by atoms with Crippen LogP contribution in [-0.4, -0.2) is 20.8 Å². The van der Waals surface area contributed by atoms with Crippen molar-refractivity contribution in [2.24, 2.45) is 0 Å². The minimum absolute atomic E-state index is 0.385. The number of nitrogens with one attached hydrogen (secondary N) is 1. The Balaban J connectivity index is 2.42. The second-order valence-corrected chi connectivity index (χ2v) is 4.34. The molecular weight excluding hydrogens is 236 g/mol. The molecule has 2 aromatic rings. The number of aromatic nitrogens is 3. The van der Waals surface area contributed by atoms with Crippen molar-refractivity contribution in [2.45, 2.75) is 26.3 Å². The van der Waals surface area contributed by atoms with E-state index in [4.69, 9.17) is 11.6 Å². The molecule has 1 heterocycles. The molecule has 5 heteroatoms. The number of anilines is 1. The van der Waals surface area contributed by atoms with Gasteiger partial charge in [0.15, 0.2) is 0 Å². The fourth-order valence-electron chi connectivity index (χ4n) is 1.56. The largest absolute Gasteiger partial charge is 0.381 e. The molecule has 0 amide bonds. The first-order valence-electron chi connectivity index (χ1n) is 5.62. The molecule has 17 heavy (non-hydrogen) atoms. The Hall–Kier alpha value is -1.55. The van der Waals surface area contributed by atoms with Gasteiger partial charge in [-0.05, 0) is 25.5 Å². The molecule has 0 fully saturated rings. The fraction of sp³-hybridized carbons (Fsp3) is 0.333. The van der Waals surface area contributed by atoms with E-state index in [0.717, 1.165) is 17.8 Å². The fourth-order valence-corrected chi connectivity index (χ4v) is 1.82. The zero-order valence-electron chi connectivity index (χ0n) is 9.89. The Morgan fingerprint density at radius 2 is 2.29 bits per heavy atom. The highest BCUT2D eigenvalue weighted by molar-refractivity contribution is 6.33. The zero-order valence-corrected chi connectivity index (χ0v) is 10.6. The maximum atomic E-state index is 6.22. The minimum Gasteiger partial charge on any atom is -0.381 e. The van der Waals surface area contributed by atoms with Crippen LogP contribution < -0.4 is 5.32 Å². The summed E-state index contributed by atoms with van der Waals surface area (Å²) in [5, 5.41) is 8.19. The average molecular weight is 251 g/mol. The SMILES string of the molecule is CCC(C)Nc1cccc(Cl)c1-n1cncn1. The number of para-hydroxylation sites is 1. The van der Waals surface area contributed by atoms with Crippen LogP contribution in [0.4, 0.5) is 5.69 Å². The second-order valence-electron chi connectivity index (χ2n) is 3.93.